The third-order valence-electron chi connectivity index (χ3n) is 8.21. The van der Waals surface area contributed by atoms with Gasteiger partial charge in [-0.25, -0.2) is 87.8 Å². The van der Waals surface area contributed by atoms with Gasteiger partial charge in [-0.05, 0) is 17.4 Å². The van der Waals surface area contributed by atoms with Gasteiger partial charge in [0.25, 0.3) is 0 Å². The summed E-state index contributed by atoms with van der Waals surface area (Å²) >= 11 is 0. The van der Waals surface area contributed by atoms with Crippen molar-refractivity contribution in [1.29, 1.82) is 0 Å². The van der Waals surface area contributed by atoms with Crippen molar-refractivity contribution in [1.82, 2.24) is 45.2 Å². The highest BCUT2D eigenvalue weighted by atomic mass is 19.2. The maximum absolute atomic E-state index is 14.8. The Morgan fingerprint density at radius 3 is 0.807 bits per heavy atom. The Labute approximate surface area is 306 Å². The van der Waals surface area contributed by atoms with Crippen molar-refractivity contribution in [2.75, 3.05) is 0 Å². The fraction of sp³-hybridized carbons (Fsp3) is 0.786. The monoisotopic (exact) mass is 871 g/mol. The van der Waals surface area contributed by atoms with Gasteiger partial charge in [0.2, 0.25) is 0 Å². The van der Waals surface area contributed by atoms with Crippen LogP contribution >= 0.6 is 0 Å². The minimum atomic E-state index is -4.15. The van der Waals surface area contributed by atoms with Gasteiger partial charge >= 0.3 is 0 Å². The molecule has 0 aliphatic carbocycles. The molecule has 0 bridgehead atoms. The summed E-state index contributed by atoms with van der Waals surface area (Å²) in [6.07, 6.45) is -74.4. The second-order valence-corrected chi connectivity index (χ2v) is 12.4. The van der Waals surface area contributed by atoms with Crippen molar-refractivity contribution < 1.29 is 87.8 Å². The molecule has 0 N–H and O–H groups in total. The van der Waals surface area contributed by atoms with Crippen molar-refractivity contribution in [2.45, 2.75) is 130 Å². The quantitative estimate of drug-likeness (QED) is 0.103. The van der Waals surface area contributed by atoms with Crippen molar-refractivity contribution in [3.63, 3.8) is 0 Å². The zero-order chi connectivity index (χ0) is 43.4. The fourth-order valence-corrected chi connectivity index (χ4v) is 4.81. The molecular formula is C28H29F20N9. The van der Waals surface area contributed by atoms with Crippen molar-refractivity contribution >= 4 is 0 Å². The highest BCUT2D eigenvalue weighted by Crippen LogP contribution is 2.36. The van der Waals surface area contributed by atoms with Crippen LogP contribution in [0.1, 0.15) is 42.5 Å². The number of rotatable bonds is 22. The lowest BCUT2D eigenvalue weighted by Gasteiger charge is -2.27. The minimum absolute atomic E-state index is 0.143. The van der Waals surface area contributed by atoms with Crippen LogP contribution in [-0.2, 0) is 7.05 Å². The van der Waals surface area contributed by atoms with Gasteiger partial charge in [-0.3, -0.25) is 4.68 Å². The summed E-state index contributed by atoms with van der Waals surface area (Å²) < 4.78 is 283. The zero-order valence-electron chi connectivity index (χ0n) is 28.4. The largest absolute Gasteiger partial charge is 0.255 e. The third-order valence-corrected chi connectivity index (χ3v) is 8.21. The molecule has 0 amide bonds. The minimum Gasteiger partial charge on any atom is -0.255 e. The van der Waals surface area contributed by atoms with Crippen LogP contribution in [0.4, 0.5) is 87.8 Å². The number of aromatic nitrogens is 9. The fourth-order valence-electron chi connectivity index (χ4n) is 4.81. The van der Waals surface area contributed by atoms with Crippen LogP contribution in [0, 0.1) is 0 Å². The van der Waals surface area contributed by atoms with Crippen LogP contribution in [-0.4, -0.2) is 150 Å². The lowest BCUT2D eigenvalue weighted by molar-refractivity contribution is -0.0616. The molecule has 0 radical (unpaired) electrons. The molecule has 0 aliphatic rings. The molecule has 0 aromatic carbocycles. The zero-order valence-corrected chi connectivity index (χ0v) is 28.4. The molecule has 0 saturated carbocycles. The molecule has 57 heavy (non-hydrogen) atoms. The van der Waals surface area contributed by atoms with E-state index in [4.69, 9.17) is 0 Å². The lowest BCUT2D eigenvalue weighted by atomic mass is 9.95. The van der Waals surface area contributed by atoms with E-state index in [0.717, 1.165) is 11.7 Å². The summed E-state index contributed by atoms with van der Waals surface area (Å²) in [5, 5.41) is 18.3. The van der Waals surface area contributed by atoms with Crippen LogP contribution in [0.25, 0.3) is 0 Å². The van der Waals surface area contributed by atoms with E-state index in [9.17, 15) is 87.8 Å². The van der Waals surface area contributed by atoms with E-state index in [1.165, 1.54) is 0 Å². The molecular weight excluding hydrogens is 842 g/mol. The van der Waals surface area contributed by atoms with E-state index < -0.39 is 141 Å². The van der Waals surface area contributed by atoms with Crippen LogP contribution in [0.2, 0.25) is 0 Å². The summed E-state index contributed by atoms with van der Waals surface area (Å²) in [5.74, 6) is 0. The standard InChI is InChI=1S/C28H29F20N9/c1-6(29)10(30)14(34)18(38)22(42)26(46)24(44)20(40)16(36)12(32)8-4-56(53-50-8)57-5-9(51-54-57)13(33)17(37)21(41)25(45)28(48)27(47)23(43)19(39)15(35)11(31)7-3-55(2)52-49-7/h3-6,10-28H,1-2H3. The summed E-state index contributed by atoms with van der Waals surface area (Å²) in [7, 11) is 1.16. The third kappa shape index (κ3) is 10.6. The first-order chi connectivity index (χ1) is 26.4. The highest BCUT2D eigenvalue weighted by Gasteiger charge is 2.52. The summed E-state index contributed by atoms with van der Waals surface area (Å²) in [6, 6.07) is 0. The topological polar surface area (TPSA) is 92.1 Å². The molecule has 0 aliphatic heterocycles. The van der Waals surface area contributed by atoms with Gasteiger partial charge in [-0.1, -0.05) is 5.21 Å². The summed E-state index contributed by atoms with van der Waals surface area (Å²) in [6.45, 7) is 0.365. The Hall–Kier alpha value is -3.98. The normalized spacial score (nSPS) is 23.3. The number of nitrogens with zero attached hydrogens (tertiary/aromatic N) is 9. The predicted octanol–water partition coefficient (Wildman–Crippen LogP) is 6.81. The highest BCUT2D eigenvalue weighted by molar-refractivity contribution is 5.08. The summed E-state index contributed by atoms with van der Waals surface area (Å²) in [5.41, 5.74) is -3.58. The Bertz CT molecular complexity index is 1650. The first-order valence-corrected chi connectivity index (χ1v) is 16.0. The summed E-state index contributed by atoms with van der Waals surface area (Å²) in [4.78, 5) is 0.286. The number of aryl methyl sites for hydroxylation is 1. The molecule has 0 spiro atoms. The van der Waals surface area contributed by atoms with E-state index in [-0.39, 0.29) is 22.0 Å². The molecule has 29 heteroatoms. The Balaban J connectivity index is 1.63. The Morgan fingerprint density at radius 2 is 0.561 bits per heavy atom. The maximum Gasteiger partial charge on any atom is 0.179 e. The number of alkyl halides is 20. The molecule has 9 nitrogen and oxygen atoms in total. The van der Waals surface area contributed by atoms with E-state index in [1.54, 1.807) is 0 Å². The van der Waals surface area contributed by atoms with Crippen LogP contribution in [0.15, 0.2) is 18.6 Å². The molecule has 3 rings (SSSR count). The molecule has 326 valence electrons. The lowest BCUT2D eigenvalue weighted by Crippen LogP contribution is -2.48. The van der Waals surface area contributed by atoms with E-state index >= 15 is 0 Å². The first kappa shape index (κ1) is 47.4. The molecule has 20 unspecified atom stereocenters. The van der Waals surface area contributed by atoms with Gasteiger partial charge in [0.15, 0.2) is 117 Å². The van der Waals surface area contributed by atoms with E-state index in [1.807, 2.05) is 0 Å². The predicted molar refractivity (Wildman–Crippen MR) is 152 cm³/mol. The van der Waals surface area contributed by atoms with Gasteiger partial charge in [-0.2, -0.15) is 0 Å². The average Bonchev–Trinajstić information content (AvgIpc) is 4.00. The van der Waals surface area contributed by atoms with Crippen LogP contribution in [0.5, 0.6) is 0 Å². The average molecular weight is 872 g/mol. The van der Waals surface area contributed by atoms with Crippen LogP contribution < -0.4 is 0 Å². The number of hydrogen-bond donors (Lipinski definition) is 0. The molecule has 3 heterocycles. The molecule has 20 atom stereocenters. The SMILES string of the molecule is CC(F)C(F)C(F)C(F)C(F)C(F)C(F)C(F)C(F)C(F)c1cn(-n2cc(C(F)C(F)C(F)C(F)C(F)C(F)C(F)C(F)C(F)C(F)c3cn(C)nn3)nn2)nn1. The molecule has 3 aromatic rings. The molecule has 0 fully saturated rings. The first-order valence-electron chi connectivity index (χ1n) is 16.0. The van der Waals surface area contributed by atoms with E-state index in [2.05, 4.69) is 30.9 Å². The molecule has 3 aromatic heterocycles. The van der Waals surface area contributed by atoms with Gasteiger partial charge in [0, 0.05) is 7.05 Å². The van der Waals surface area contributed by atoms with Gasteiger partial charge in [0.05, 0.1) is 18.6 Å². The Morgan fingerprint density at radius 1 is 0.333 bits per heavy atom. The maximum atomic E-state index is 14.8. The van der Waals surface area contributed by atoms with Crippen molar-refractivity contribution in [3.8, 4) is 0 Å². The molecule has 0 saturated heterocycles. The Kier molecular flexibility index (Phi) is 16.3. The second-order valence-electron chi connectivity index (χ2n) is 12.4. The number of hydrogen-bond acceptors (Lipinski definition) is 6. The van der Waals surface area contributed by atoms with Crippen molar-refractivity contribution in [2.24, 2.45) is 7.05 Å². The van der Waals surface area contributed by atoms with Gasteiger partial charge in [0.1, 0.15) is 23.3 Å². The van der Waals surface area contributed by atoms with Gasteiger partial charge in [-0.15, -0.1) is 24.9 Å². The van der Waals surface area contributed by atoms with Crippen LogP contribution in [0.3, 0.4) is 0 Å². The van der Waals surface area contributed by atoms with E-state index in [0.29, 0.717) is 13.1 Å². The van der Waals surface area contributed by atoms with Gasteiger partial charge < -0.3 is 0 Å². The smallest absolute Gasteiger partial charge is 0.179 e. The second kappa shape index (κ2) is 19.6. The number of halogens is 20. The van der Waals surface area contributed by atoms with Crippen molar-refractivity contribution in [3.05, 3.63) is 35.7 Å².